The van der Waals surface area contributed by atoms with Crippen molar-refractivity contribution in [2.75, 3.05) is 0 Å². The minimum absolute atomic E-state index is 0.0319. The molecule has 0 atom stereocenters. The van der Waals surface area contributed by atoms with E-state index in [1.807, 2.05) is 0 Å². The molecule has 1 aromatic heterocycles. The Morgan fingerprint density at radius 1 is 1.18 bits per heavy atom. The van der Waals surface area contributed by atoms with Gasteiger partial charge in [-0.05, 0) is 0 Å². The first-order valence-electron chi connectivity index (χ1n) is 3.68. The van der Waals surface area contributed by atoms with Crippen molar-refractivity contribution < 1.29 is 30.4 Å². The van der Waals surface area contributed by atoms with E-state index in [0.29, 0.717) is 7.05 Å². The van der Waals surface area contributed by atoms with Gasteiger partial charge < -0.3 is 0 Å². The maximum Gasteiger partial charge on any atom is 0.461 e. The highest BCUT2D eigenvalue weighted by Gasteiger charge is 2.62. The normalized spacial score (nSPS) is 14.1. The van der Waals surface area contributed by atoms with Crippen LogP contribution >= 0.6 is 10.7 Å². The molecular formula is C5H3ClF5N3O2S. The Balaban J connectivity index is 3.43. The van der Waals surface area contributed by atoms with Crippen LogP contribution in [0.3, 0.4) is 0 Å². The van der Waals surface area contributed by atoms with Gasteiger partial charge in [-0.25, -0.2) is 8.42 Å². The van der Waals surface area contributed by atoms with Crippen LogP contribution in [0.15, 0.2) is 5.16 Å². The van der Waals surface area contributed by atoms with E-state index in [2.05, 4.69) is 10.2 Å². The lowest BCUT2D eigenvalue weighted by Gasteiger charge is -2.18. The molecular weight excluding hydrogens is 297 g/mol. The zero-order valence-electron chi connectivity index (χ0n) is 7.83. The van der Waals surface area contributed by atoms with Gasteiger partial charge in [0.25, 0.3) is 14.2 Å². The standard InChI is InChI=1S/C5H3ClF5N3O2S/c1-14-2(4(7,8)5(9,10)11)12-13-3(14)17(6,15)16/h1H3. The molecule has 1 aromatic rings. The third-order valence-corrected chi connectivity index (χ3v) is 2.90. The van der Waals surface area contributed by atoms with Gasteiger partial charge in [-0.2, -0.15) is 22.0 Å². The molecule has 17 heavy (non-hydrogen) atoms. The fraction of sp³-hybridized carbons (Fsp3) is 0.600. The van der Waals surface area contributed by atoms with E-state index in [0.717, 1.165) is 0 Å². The molecule has 0 unspecified atom stereocenters. The Bertz CT molecular complexity index is 536. The molecule has 0 aliphatic rings. The molecule has 0 radical (unpaired) electrons. The van der Waals surface area contributed by atoms with Crippen LogP contribution in [0.5, 0.6) is 0 Å². The average Bonchev–Trinajstić information content (AvgIpc) is 2.43. The van der Waals surface area contributed by atoms with E-state index >= 15 is 0 Å². The highest BCUT2D eigenvalue weighted by atomic mass is 35.7. The monoisotopic (exact) mass is 299 g/mol. The SMILES string of the molecule is Cn1c(C(F)(F)C(F)(F)F)nnc1S(=O)(=O)Cl. The summed E-state index contributed by atoms with van der Waals surface area (Å²) in [6, 6.07) is 0. The Labute approximate surface area is 95.6 Å². The maximum atomic E-state index is 12.8. The molecule has 0 saturated heterocycles. The number of rotatable bonds is 2. The van der Waals surface area contributed by atoms with Gasteiger partial charge in [-0.3, -0.25) is 4.57 Å². The third kappa shape index (κ3) is 2.34. The molecule has 0 bridgehead atoms. The van der Waals surface area contributed by atoms with E-state index in [9.17, 15) is 30.4 Å². The van der Waals surface area contributed by atoms with E-state index in [-0.39, 0.29) is 4.57 Å². The fourth-order valence-corrected chi connectivity index (χ4v) is 1.88. The molecule has 0 spiro atoms. The fourth-order valence-electron chi connectivity index (χ4n) is 0.927. The molecule has 98 valence electrons. The van der Waals surface area contributed by atoms with Crippen LogP contribution in [-0.2, 0) is 22.0 Å². The van der Waals surface area contributed by atoms with Crippen LogP contribution in [0.4, 0.5) is 22.0 Å². The molecule has 0 aromatic carbocycles. The van der Waals surface area contributed by atoms with E-state index in [4.69, 9.17) is 10.7 Å². The second-order valence-electron chi connectivity index (χ2n) is 2.88. The van der Waals surface area contributed by atoms with Gasteiger partial charge in [-0.15, -0.1) is 10.2 Å². The number of nitrogens with zero attached hydrogens (tertiary/aromatic N) is 3. The molecule has 5 nitrogen and oxygen atoms in total. The van der Waals surface area contributed by atoms with Crippen molar-refractivity contribution in [1.29, 1.82) is 0 Å². The summed E-state index contributed by atoms with van der Waals surface area (Å²) in [6.07, 6.45) is -5.92. The summed E-state index contributed by atoms with van der Waals surface area (Å²) < 4.78 is 83.1. The summed E-state index contributed by atoms with van der Waals surface area (Å²) in [6.45, 7) is 0. The summed E-state index contributed by atoms with van der Waals surface area (Å²) in [7, 11) is 0.836. The van der Waals surface area contributed by atoms with Crippen LogP contribution in [-0.4, -0.2) is 29.4 Å². The van der Waals surface area contributed by atoms with Crippen molar-refractivity contribution in [3.63, 3.8) is 0 Å². The molecule has 12 heteroatoms. The van der Waals surface area contributed by atoms with Crippen LogP contribution in [0.1, 0.15) is 5.82 Å². The summed E-state index contributed by atoms with van der Waals surface area (Å²) in [5.41, 5.74) is 0. The lowest BCUT2D eigenvalue weighted by atomic mass is 10.3. The van der Waals surface area contributed by atoms with Gasteiger partial charge in [0, 0.05) is 17.7 Å². The summed E-state index contributed by atoms with van der Waals surface area (Å²) in [4.78, 5) is 0. The second-order valence-corrected chi connectivity index (χ2v) is 5.33. The van der Waals surface area contributed by atoms with Gasteiger partial charge in [0.2, 0.25) is 5.82 Å². The first-order valence-corrected chi connectivity index (χ1v) is 5.99. The molecule has 0 saturated carbocycles. The van der Waals surface area contributed by atoms with Crippen LogP contribution in [0, 0.1) is 0 Å². The van der Waals surface area contributed by atoms with Gasteiger partial charge >= 0.3 is 12.1 Å². The molecule has 0 N–H and O–H groups in total. The Morgan fingerprint density at radius 3 is 1.94 bits per heavy atom. The van der Waals surface area contributed by atoms with Crippen molar-refractivity contribution >= 4 is 19.7 Å². The predicted octanol–water partition coefficient (Wildman–Crippen LogP) is 1.40. The van der Waals surface area contributed by atoms with Crippen molar-refractivity contribution in [3.8, 4) is 0 Å². The predicted molar refractivity (Wildman–Crippen MR) is 44.0 cm³/mol. The zero-order chi connectivity index (χ0) is 13.6. The van der Waals surface area contributed by atoms with Crippen molar-refractivity contribution in [3.05, 3.63) is 5.82 Å². The van der Waals surface area contributed by atoms with Gasteiger partial charge in [0.1, 0.15) is 0 Å². The molecule has 0 amide bonds. The highest BCUT2D eigenvalue weighted by Crippen LogP contribution is 2.43. The number of halogens is 6. The van der Waals surface area contributed by atoms with Gasteiger partial charge in [0.15, 0.2) is 0 Å². The first kappa shape index (κ1) is 14.1. The number of hydrogen-bond donors (Lipinski definition) is 0. The van der Waals surface area contributed by atoms with Crippen LogP contribution in [0.2, 0.25) is 0 Å². The van der Waals surface area contributed by atoms with Crippen molar-refractivity contribution in [2.45, 2.75) is 17.3 Å². The number of aromatic nitrogens is 3. The van der Waals surface area contributed by atoms with Crippen molar-refractivity contribution in [1.82, 2.24) is 14.8 Å². The minimum Gasteiger partial charge on any atom is -0.299 e. The summed E-state index contributed by atoms with van der Waals surface area (Å²) >= 11 is 0. The van der Waals surface area contributed by atoms with Gasteiger partial charge in [-0.1, -0.05) is 0 Å². The molecule has 0 aliphatic heterocycles. The Hall–Kier alpha value is -0.970. The van der Waals surface area contributed by atoms with E-state index in [1.165, 1.54) is 0 Å². The topological polar surface area (TPSA) is 64.8 Å². The number of hydrogen-bond acceptors (Lipinski definition) is 4. The molecule has 0 aliphatic carbocycles. The highest BCUT2D eigenvalue weighted by molar-refractivity contribution is 8.13. The van der Waals surface area contributed by atoms with Crippen LogP contribution < -0.4 is 0 Å². The largest absolute Gasteiger partial charge is 0.461 e. The Kier molecular flexibility index (Phi) is 3.12. The van der Waals surface area contributed by atoms with E-state index in [1.54, 1.807) is 0 Å². The summed E-state index contributed by atoms with van der Waals surface area (Å²) in [5, 5.41) is 3.98. The first-order chi connectivity index (χ1) is 7.39. The summed E-state index contributed by atoms with van der Waals surface area (Å²) in [5.74, 6) is -7.18. The van der Waals surface area contributed by atoms with Gasteiger partial charge in [0.05, 0.1) is 0 Å². The third-order valence-electron chi connectivity index (χ3n) is 1.69. The van der Waals surface area contributed by atoms with Crippen molar-refractivity contribution in [2.24, 2.45) is 7.05 Å². The lowest BCUT2D eigenvalue weighted by molar-refractivity contribution is -0.293. The second kappa shape index (κ2) is 3.77. The molecule has 0 fully saturated rings. The number of alkyl halides is 5. The van der Waals surface area contributed by atoms with Crippen LogP contribution in [0.25, 0.3) is 0 Å². The molecule has 1 rings (SSSR count). The average molecular weight is 300 g/mol. The minimum atomic E-state index is -5.92. The lowest BCUT2D eigenvalue weighted by Crippen LogP contribution is -2.36. The zero-order valence-corrected chi connectivity index (χ0v) is 9.41. The maximum absolute atomic E-state index is 12.8. The molecule has 1 heterocycles. The smallest absolute Gasteiger partial charge is 0.299 e. The Morgan fingerprint density at radius 2 is 1.65 bits per heavy atom. The van der Waals surface area contributed by atoms with E-state index < -0.39 is 32.1 Å². The quantitative estimate of drug-likeness (QED) is 0.611.